The van der Waals surface area contributed by atoms with E-state index >= 15 is 0 Å². The zero-order valence-electron chi connectivity index (χ0n) is 16.4. The minimum absolute atomic E-state index is 0.169. The van der Waals surface area contributed by atoms with Crippen molar-refractivity contribution in [3.8, 4) is 0 Å². The molecule has 1 atom stereocenters. The number of aromatic nitrogens is 4. The summed E-state index contributed by atoms with van der Waals surface area (Å²) < 4.78 is 2.05. The van der Waals surface area contributed by atoms with Crippen LogP contribution in [0.3, 0.4) is 0 Å². The molecule has 1 aliphatic heterocycles. The maximum absolute atomic E-state index is 12.8. The fourth-order valence-corrected chi connectivity index (χ4v) is 6.72. The summed E-state index contributed by atoms with van der Waals surface area (Å²) in [5.74, 6) is 1.10. The van der Waals surface area contributed by atoms with Crippen molar-refractivity contribution in [3.63, 3.8) is 0 Å². The van der Waals surface area contributed by atoms with Gasteiger partial charge in [0.1, 0.15) is 10.7 Å². The van der Waals surface area contributed by atoms with Crippen molar-refractivity contribution < 1.29 is 4.79 Å². The number of rotatable bonds is 3. The van der Waals surface area contributed by atoms with E-state index in [1.54, 1.807) is 0 Å². The van der Waals surface area contributed by atoms with Crippen molar-refractivity contribution >= 4 is 44.9 Å². The summed E-state index contributed by atoms with van der Waals surface area (Å²) in [5, 5.41) is 10.8. The third-order valence-corrected chi connectivity index (χ3v) is 8.11. The zero-order chi connectivity index (χ0) is 19.3. The second-order valence-electron chi connectivity index (χ2n) is 7.84. The topological polar surface area (TPSA) is 63.4 Å². The van der Waals surface area contributed by atoms with Gasteiger partial charge in [0, 0.05) is 18.0 Å². The molecular weight excluding hydrogens is 390 g/mol. The number of hydrogen-bond acceptors (Lipinski definition) is 6. The third-order valence-electron chi connectivity index (χ3n) is 5.89. The summed E-state index contributed by atoms with van der Waals surface area (Å²) in [6.07, 6.45) is 8.21. The van der Waals surface area contributed by atoms with Crippen LogP contribution in [-0.4, -0.2) is 48.7 Å². The molecule has 28 heavy (non-hydrogen) atoms. The van der Waals surface area contributed by atoms with E-state index in [4.69, 9.17) is 4.98 Å². The zero-order valence-corrected chi connectivity index (χ0v) is 18.0. The normalized spacial score (nSPS) is 18.6. The van der Waals surface area contributed by atoms with Gasteiger partial charge in [0.2, 0.25) is 5.91 Å². The quantitative estimate of drug-likeness (QED) is 0.605. The first kappa shape index (κ1) is 18.4. The molecule has 3 aromatic heterocycles. The highest BCUT2D eigenvalue weighted by atomic mass is 32.2. The molecule has 3 aromatic rings. The first-order chi connectivity index (χ1) is 13.6. The van der Waals surface area contributed by atoms with Gasteiger partial charge in [0.15, 0.2) is 10.8 Å². The van der Waals surface area contributed by atoms with Crippen molar-refractivity contribution in [2.75, 3.05) is 13.1 Å². The molecule has 2 aliphatic rings. The van der Waals surface area contributed by atoms with Gasteiger partial charge in [0.05, 0.1) is 10.6 Å². The molecule has 1 amide bonds. The maximum atomic E-state index is 12.8. The Hall–Kier alpha value is -1.67. The van der Waals surface area contributed by atoms with E-state index in [9.17, 15) is 4.79 Å². The lowest BCUT2D eigenvalue weighted by atomic mass is 9.97. The molecule has 6 nitrogen and oxygen atoms in total. The number of hydrogen-bond donors (Lipinski definition) is 0. The Bertz CT molecular complexity index is 1050. The van der Waals surface area contributed by atoms with Gasteiger partial charge >= 0.3 is 0 Å². The molecule has 148 valence electrons. The Morgan fingerprint density at radius 3 is 2.71 bits per heavy atom. The number of thiophene rings is 1. The van der Waals surface area contributed by atoms with Gasteiger partial charge in [0.25, 0.3) is 0 Å². The molecule has 0 aromatic carbocycles. The summed E-state index contributed by atoms with van der Waals surface area (Å²) >= 11 is 3.32. The Morgan fingerprint density at radius 1 is 1.11 bits per heavy atom. The molecule has 0 spiro atoms. The molecule has 1 aliphatic carbocycles. The molecule has 1 fully saturated rings. The predicted molar refractivity (Wildman–Crippen MR) is 113 cm³/mol. The van der Waals surface area contributed by atoms with Gasteiger partial charge in [-0.15, -0.1) is 21.5 Å². The Morgan fingerprint density at radius 2 is 1.89 bits per heavy atom. The molecule has 0 unspecified atom stereocenters. The van der Waals surface area contributed by atoms with Crippen molar-refractivity contribution in [3.05, 3.63) is 16.3 Å². The van der Waals surface area contributed by atoms with E-state index in [1.807, 2.05) is 30.1 Å². The largest absolute Gasteiger partial charge is 0.342 e. The van der Waals surface area contributed by atoms with E-state index in [-0.39, 0.29) is 11.2 Å². The maximum Gasteiger partial charge on any atom is 0.235 e. The van der Waals surface area contributed by atoms with Crippen LogP contribution in [0.2, 0.25) is 0 Å². The van der Waals surface area contributed by atoms with Crippen LogP contribution in [0.15, 0.2) is 5.16 Å². The molecule has 5 rings (SSSR count). The van der Waals surface area contributed by atoms with Crippen LogP contribution in [0, 0.1) is 6.92 Å². The fraction of sp³-hybridized carbons (Fsp3) is 0.600. The molecule has 8 heteroatoms. The molecule has 1 saturated heterocycles. The highest BCUT2D eigenvalue weighted by molar-refractivity contribution is 8.00. The Balaban J connectivity index is 1.51. The van der Waals surface area contributed by atoms with Crippen molar-refractivity contribution in [1.82, 2.24) is 24.5 Å². The van der Waals surface area contributed by atoms with E-state index in [0.717, 1.165) is 60.2 Å². The average molecular weight is 416 g/mol. The second-order valence-corrected chi connectivity index (χ2v) is 10.2. The molecule has 4 heterocycles. The molecule has 0 saturated carbocycles. The number of likely N-dealkylation sites (tertiary alicyclic amines) is 1. The van der Waals surface area contributed by atoms with Gasteiger partial charge in [-0.3, -0.25) is 9.20 Å². The number of piperidine rings is 1. The van der Waals surface area contributed by atoms with Crippen LogP contribution >= 0.6 is 23.1 Å². The second kappa shape index (κ2) is 7.30. The van der Waals surface area contributed by atoms with Gasteiger partial charge in [-0.1, -0.05) is 11.8 Å². The van der Waals surface area contributed by atoms with Crippen LogP contribution < -0.4 is 0 Å². The minimum atomic E-state index is -0.169. The van der Waals surface area contributed by atoms with E-state index in [0.29, 0.717) is 0 Å². The van der Waals surface area contributed by atoms with Crippen LogP contribution in [0.4, 0.5) is 0 Å². The molecule has 0 N–H and O–H groups in total. The lowest BCUT2D eigenvalue weighted by Crippen LogP contribution is -2.40. The SMILES string of the molecule is Cc1nc2sc3c(c2c2nnc(S[C@H](C)C(=O)N4CCCCC4)n12)CCCC3. The Labute approximate surface area is 172 Å². The summed E-state index contributed by atoms with van der Waals surface area (Å²) in [6.45, 7) is 5.76. The lowest BCUT2D eigenvalue weighted by molar-refractivity contribution is -0.131. The van der Waals surface area contributed by atoms with Gasteiger partial charge in [-0.2, -0.15) is 0 Å². The monoisotopic (exact) mass is 415 g/mol. The highest BCUT2D eigenvalue weighted by Gasteiger charge is 2.27. The number of fused-ring (bicyclic) bond motifs is 5. The highest BCUT2D eigenvalue weighted by Crippen LogP contribution is 2.38. The van der Waals surface area contributed by atoms with Gasteiger partial charge in [-0.25, -0.2) is 4.98 Å². The van der Waals surface area contributed by atoms with Crippen molar-refractivity contribution in [1.29, 1.82) is 0 Å². The average Bonchev–Trinajstić information content (AvgIpc) is 3.29. The fourth-order valence-electron chi connectivity index (χ4n) is 4.44. The standard InChI is InChI=1S/C20H25N5OS2/c1-12(19(26)24-10-6-3-7-11-24)27-20-23-22-17-16-14-8-4-5-9-15(14)28-18(16)21-13(2)25(17)20/h12H,3-11H2,1-2H3/t12-/m1/s1. The molecule has 0 bridgehead atoms. The summed E-state index contributed by atoms with van der Waals surface area (Å²) in [6, 6.07) is 0. The number of thioether (sulfide) groups is 1. The first-order valence-electron chi connectivity index (χ1n) is 10.2. The first-order valence-corrected chi connectivity index (χ1v) is 11.9. The lowest BCUT2D eigenvalue weighted by Gasteiger charge is -2.28. The number of amides is 1. The van der Waals surface area contributed by atoms with Crippen LogP contribution in [0.1, 0.15) is 55.3 Å². The van der Waals surface area contributed by atoms with Gasteiger partial charge < -0.3 is 4.90 Å². The van der Waals surface area contributed by atoms with E-state index in [2.05, 4.69) is 14.6 Å². The molecule has 0 radical (unpaired) electrons. The third kappa shape index (κ3) is 3.01. The van der Waals surface area contributed by atoms with Crippen molar-refractivity contribution in [2.45, 2.75) is 69.2 Å². The summed E-state index contributed by atoms with van der Waals surface area (Å²) in [7, 11) is 0. The number of nitrogens with zero attached hydrogens (tertiary/aromatic N) is 5. The van der Waals surface area contributed by atoms with Crippen LogP contribution in [0.5, 0.6) is 0 Å². The number of carbonyl (C=O) groups is 1. The van der Waals surface area contributed by atoms with Crippen LogP contribution in [0.25, 0.3) is 15.9 Å². The summed E-state index contributed by atoms with van der Waals surface area (Å²) in [5.41, 5.74) is 2.33. The van der Waals surface area contributed by atoms with Crippen LogP contribution in [-0.2, 0) is 17.6 Å². The van der Waals surface area contributed by atoms with E-state index in [1.165, 1.54) is 46.9 Å². The smallest absolute Gasteiger partial charge is 0.235 e. The predicted octanol–water partition coefficient (Wildman–Crippen LogP) is 4.02. The minimum Gasteiger partial charge on any atom is -0.342 e. The summed E-state index contributed by atoms with van der Waals surface area (Å²) in [4.78, 5) is 22.3. The van der Waals surface area contributed by atoms with Crippen molar-refractivity contribution in [2.24, 2.45) is 0 Å². The Kier molecular flexibility index (Phi) is 4.79. The number of aryl methyl sites for hydroxylation is 3. The van der Waals surface area contributed by atoms with E-state index < -0.39 is 0 Å². The number of carbonyl (C=O) groups excluding carboxylic acids is 1. The van der Waals surface area contributed by atoms with Gasteiger partial charge in [-0.05, 0) is 64.4 Å². The molecular formula is C20H25N5OS2.